The first-order valence-corrected chi connectivity index (χ1v) is 11.2. The number of ether oxygens (including phenoxy) is 1. The van der Waals surface area contributed by atoms with Gasteiger partial charge in [0.2, 0.25) is 0 Å². The average Bonchev–Trinajstić information content (AvgIpc) is 2.52. The van der Waals surface area contributed by atoms with E-state index in [4.69, 9.17) is 4.74 Å². The Morgan fingerprint density at radius 3 is 2.54 bits per heavy atom. The number of fused-ring (bicyclic) bond motifs is 1. The summed E-state index contributed by atoms with van der Waals surface area (Å²) in [6.45, 7) is 12.2. The van der Waals surface area contributed by atoms with Crippen LogP contribution < -0.4 is 15.4 Å². The summed E-state index contributed by atoms with van der Waals surface area (Å²) in [4.78, 5) is 4.50. The van der Waals surface area contributed by atoms with Crippen molar-refractivity contribution in [2.45, 2.75) is 64.4 Å². The molecule has 1 atom stereocenters. The minimum atomic E-state index is -3.19. The van der Waals surface area contributed by atoms with Crippen molar-refractivity contribution in [1.29, 1.82) is 0 Å². The number of rotatable bonds is 5. The van der Waals surface area contributed by atoms with Crippen LogP contribution in [0, 0.1) is 0 Å². The molecule has 1 aliphatic rings. The summed E-state index contributed by atoms with van der Waals surface area (Å²) in [5.74, 6) is 1.53. The van der Waals surface area contributed by atoms with Crippen LogP contribution in [0.25, 0.3) is 0 Å². The van der Waals surface area contributed by atoms with Gasteiger partial charge in [-0.25, -0.2) is 8.42 Å². The van der Waals surface area contributed by atoms with Crippen LogP contribution in [0.3, 0.4) is 0 Å². The van der Waals surface area contributed by atoms with Gasteiger partial charge in [-0.15, -0.1) is 24.0 Å². The van der Waals surface area contributed by atoms with E-state index in [-0.39, 0.29) is 47.9 Å². The summed E-state index contributed by atoms with van der Waals surface area (Å²) < 4.78 is 29.9. The summed E-state index contributed by atoms with van der Waals surface area (Å²) >= 11 is 0. The van der Waals surface area contributed by atoms with Gasteiger partial charge in [0, 0.05) is 18.5 Å². The molecule has 0 radical (unpaired) electrons. The first-order valence-electron chi connectivity index (χ1n) is 9.50. The maximum atomic E-state index is 12.3. The minimum absolute atomic E-state index is 0. The maximum absolute atomic E-state index is 12.3. The molecule has 6 nitrogen and oxygen atoms in total. The Bertz CT molecular complexity index is 786. The molecule has 0 bridgehead atoms. The second-order valence-electron chi connectivity index (χ2n) is 8.49. The van der Waals surface area contributed by atoms with Crippen molar-refractivity contribution < 1.29 is 13.2 Å². The van der Waals surface area contributed by atoms with E-state index in [2.05, 4.69) is 35.5 Å². The van der Waals surface area contributed by atoms with Gasteiger partial charge in [0.1, 0.15) is 11.4 Å². The lowest BCUT2D eigenvalue weighted by Crippen LogP contribution is -2.45. The SMILES string of the molecule is CCNC(=NCCS(=O)(=O)C(C)(C)C)NC1CC(C)(C)Oc2ccccc21.I. The van der Waals surface area contributed by atoms with E-state index in [1.54, 1.807) is 20.8 Å². The molecule has 1 aliphatic heterocycles. The second kappa shape index (κ2) is 9.65. The van der Waals surface area contributed by atoms with Gasteiger partial charge < -0.3 is 15.4 Å². The fourth-order valence-electron chi connectivity index (χ4n) is 3.00. The molecule has 0 aliphatic carbocycles. The standard InChI is InChI=1S/C20H33N3O3S.HI/c1-7-21-18(22-12-13-27(24,25)19(2,3)4)23-16-14-20(5,6)26-17-11-9-8-10-15(16)17;/h8-11,16H,7,12-14H2,1-6H3,(H2,21,22,23);1H. The molecule has 0 aromatic heterocycles. The Balaban J connectivity index is 0.00000392. The fraction of sp³-hybridized carbons (Fsp3) is 0.650. The Morgan fingerprint density at radius 1 is 1.29 bits per heavy atom. The van der Waals surface area contributed by atoms with Gasteiger partial charge >= 0.3 is 0 Å². The number of guanidine groups is 1. The number of halogens is 1. The molecular weight excluding hydrogens is 489 g/mol. The molecule has 1 heterocycles. The first-order chi connectivity index (χ1) is 12.5. The lowest BCUT2D eigenvalue weighted by atomic mass is 9.90. The monoisotopic (exact) mass is 523 g/mol. The number of para-hydroxylation sites is 1. The van der Waals surface area contributed by atoms with Gasteiger partial charge in [0.15, 0.2) is 15.8 Å². The van der Waals surface area contributed by atoms with Crippen molar-refractivity contribution in [2.24, 2.45) is 4.99 Å². The van der Waals surface area contributed by atoms with Crippen molar-refractivity contribution in [3.8, 4) is 5.75 Å². The molecule has 1 aromatic carbocycles. The molecule has 0 fully saturated rings. The molecule has 0 saturated carbocycles. The van der Waals surface area contributed by atoms with Crippen molar-refractivity contribution in [3.63, 3.8) is 0 Å². The molecule has 1 aromatic rings. The Hall–Kier alpha value is -1.03. The highest BCUT2D eigenvalue weighted by atomic mass is 127. The zero-order chi connectivity index (χ0) is 20.3. The van der Waals surface area contributed by atoms with E-state index in [1.165, 1.54) is 0 Å². The molecule has 2 rings (SSSR count). The van der Waals surface area contributed by atoms with E-state index in [1.807, 2.05) is 25.1 Å². The molecule has 0 amide bonds. The highest BCUT2D eigenvalue weighted by Gasteiger charge is 2.34. The number of hydrogen-bond acceptors (Lipinski definition) is 4. The van der Waals surface area contributed by atoms with Crippen molar-refractivity contribution in [3.05, 3.63) is 29.8 Å². The van der Waals surface area contributed by atoms with Gasteiger partial charge in [0.05, 0.1) is 23.1 Å². The fourth-order valence-corrected chi connectivity index (χ4v) is 3.94. The van der Waals surface area contributed by atoms with Crippen LogP contribution in [-0.4, -0.2) is 43.6 Å². The van der Waals surface area contributed by atoms with Crippen LogP contribution in [0.2, 0.25) is 0 Å². The molecular formula is C20H34IN3O3S. The quantitative estimate of drug-likeness (QED) is 0.350. The Labute approximate surface area is 186 Å². The van der Waals surface area contributed by atoms with Gasteiger partial charge in [0.25, 0.3) is 0 Å². The van der Waals surface area contributed by atoms with Gasteiger partial charge in [-0.2, -0.15) is 0 Å². The lowest BCUT2D eigenvalue weighted by Gasteiger charge is -2.38. The van der Waals surface area contributed by atoms with Crippen LogP contribution in [0.1, 0.15) is 59.6 Å². The average molecular weight is 523 g/mol. The predicted octanol–water partition coefficient (Wildman–Crippen LogP) is 3.68. The third-order valence-corrected chi connectivity index (χ3v) is 7.18. The van der Waals surface area contributed by atoms with E-state index in [0.717, 1.165) is 17.7 Å². The lowest BCUT2D eigenvalue weighted by molar-refractivity contribution is 0.0694. The first kappa shape index (κ1) is 25.0. The zero-order valence-corrected chi connectivity index (χ0v) is 20.9. The van der Waals surface area contributed by atoms with E-state index in [9.17, 15) is 8.42 Å². The highest BCUT2D eigenvalue weighted by Crippen LogP contribution is 2.39. The molecule has 160 valence electrons. The van der Waals surface area contributed by atoms with Crippen LogP contribution >= 0.6 is 24.0 Å². The van der Waals surface area contributed by atoms with E-state index >= 15 is 0 Å². The minimum Gasteiger partial charge on any atom is -0.487 e. The van der Waals surface area contributed by atoms with Crippen LogP contribution in [0.4, 0.5) is 0 Å². The molecule has 8 heteroatoms. The topological polar surface area (TPSA) is 79.8 Å². The van der Waals surface area contributed by atoms with Crippen LogP contribution in [0.5, 0.6) is 5.75 Å². The van der Waals surface area contributed by atoms with Crippen molar-refractivity contribution >= 4 is 39.8 Å². The van der Waals surface area contributed by atoms with Crippen molar-refractivity contribution in [1.82, 2.24) is 10.6 Å². The predicted molar refractivity (Wildman–Crippen MR) is 127 cm³/mol. The number of sulfone groups is 1. The Morgan fingerprint density at radius 2 is 1.93 bits per heavy atom. The van der Waals surface area contributed by atoms with Gasteiger partial charge in [-0.05, 0) is 47.6 Å². The number of hydrogen-bond donors (Lipinski definition) is 2. The molecule has 0 saturated heterocycles. The maximum Gasteiger partial charge on any atom is 0.191 e. The highest BCUT2D eigenvalue weighted by molar-refractivity contribution is 14.0. The molecule has 0 spiro atoms. The smallest absolute Gasteiger partial charge is 0.191 e. The summed E-state index contributed by atoms with van der Waals surface area (Å²) in [5, 5.41) is 6.67. The second-order valence-corrected chi connectivity index (χ2v) is 11.4. The number of benzene rings is 1. The van der Waals surface area contributed by atoms with Crippen molar-refractivity contribution in [2.75, 3.05) is 18.8 Å². The third kappa shape index (κ3) is 6.50. The van der Waals surface area contributed by atoms with E-state index in [0.29, 0.717) is 12.5 Å². The van der Waals surface area contributed by atoms with Gasteiger partial charge in [-0.1, -0.05) is 18.2 Å². The van der Waals surface area contributed by atoms with Gasteiger partial charge in [-0.3, -0.25) is 4.99 Å². The summed E-state index contributed by atoms with van der Waals surface area (Å²) in [6, 6.07) is 8.03. The third-order valence-electron chi connectivity index (χ3n) is 4.59. The van der Waals surface area contributed by atoms with Crippen LogP contribution in [-0.2, 0) is 9.84 Å². The zero-order valence-electron chi connectivity index (χ0n) is 17.7. The number of nitrogens with one attached hydrogen (secondary N) is 2. The largest absolute Gasteiger partial charge is 0.487 e. The molecule has 28 heavy (non-hydrogen) atoms. The Kier molecular flexibility index (Phi) is 8.62. The summed E-state index contributed by atoms with van der Waals surface area (Å²) in [6.07, 6.45) is 0.786. The number of nitrogens with zero attached hydrogens (tertiary/aromatic N) is 1. The van der Waals surface area contributed by atoms with E-state index < -0.39 is 14.6 Å². The summed E-state index contributed by atoms with van der Waals surface area (Å²) in [5.41, 5.74) is 0.795. The van der Waals surface area contributed by atoms with Crippen LogP contribution in [0.15, 0.2) is 29.3 Å². The number of aliphatic imine (C=N–C) groups is 1. The molecule has 1 unspecified atom stereocenters. The summed E-state index contributed by atoms with van der Waals surface area (Å²) in [7, 11) is -3.19. The molecule has 2 N–H and O–H groups in total. The normalized spacial score (nSPS) is 19.1.